The van der Waals surface area contributed by atoms with Crippen LogP contribution in [0.2, 0.25) is 5.02 Å². The van der Waals surface area contributed by atoms with E-state index in [4.69, 9.17) is 16.3 Å². The lowest BCUT2D eigenvalue weighted by Crippen LogP contribution is -2.51. The number of hydrogen-bond acceptors (Lipinski definition) is 5. The highest BCUT2D eigenvalue weighted by molar-refractivity contribution is 7.92. The minimum absolute atomic E-state index is 0.0199. The Labute approximate surface area is 235 Å². The van der Waals surface area contributed by atoms with Gasteiger partial charge in [-0.1, -0.05) is 73.5 Å². The quantitative estimate of drug-likeness (QED) is 0.295. The molecule has 3 aromatic carbocycles. The van der Waals surface area contributed by atoms with E-state index in [-0.39, 0.29) is 28.8 Å². The topological polar surface area (TPSA) is 96.0 Å². The Bertz CT molecular complexity index is 1370. The standard InChI is InChI=1S/C29H34ClN3O5S/c1-4-5-19-31-29(35)22(2)32(20-23-13-9-10-16-25(23)30)28(34)21-33(26-17-11-12-18-27(26)38-3)39(36,37)24-14-7-6-8-15-24/h6-18,22H,4-5,19-21H2,1-3H3,(H,31,35). The maximum absolute atomic E-state index is 14.0. The fraction of sp³-hybridized carbons (Fsp3) is 0.310. The van der Waals surface area contributed by atoms with Gasteiger partial charge in [-0.3, -0.25) is 13.9 Å². The van der Waals surface area contributed by atoms with Crippen LogP contribution in [0, 0.1) is 0 Å². The molecule has 0 saturated heterocycles. The van der Waals surface area contributed by atoms with Crippen molar-refractivity contribution < 1.29 is 22.7 Å². The molecule has 0 fully saturated rings. The molecular formula is C29H34ClN3O5S. The van der Waals surface area contributed by atoms with Crippen molar-refractivity contribution in [3.8, 4) is 5.75 Å². The van der Waals surface area contributed by atoms with Crippen molar-refractivity contribution in [1.82, 2.24) is 10.2 Å². The molecule has 0 saturated carbocycles. The van der Waals surface area contributed by atoms with Gasteiger partial charge in [-0.25, -0.2) is 8.42 Å². The van der Waals surface area contributed by atoms with Gasteiger partial charge in [0.2, 0.25) is 11.8 Å². The normalized spacial score (nSPS) is 11.9. The highest BCUT2D eigenvalue weighted by atomic mass is 35.5. The van der Waals surface area contributed by atoms with E-state index in [1.807, 2.05) is 6.92 Å². The number of amides is 2. The second-order valence-electron chi connectivity index (χ2n) is 8.93. The van der Waals surface area contributed by atoms with Gasteiger partial charge in [0.25, 0.3) is 10.0 Å². The number of ether oxygens (including phenoxy) is 1. The van der Waals surface area contributed by atoms with E-state index in [2.05, 4.69) is 5.32 Å². The Morgan fingerprint density at radius 2 is 1.62 bits per heavy atom. The van der Waals surface area contributed by atoms with Crippen molar-refractivity contribution in [1.29, 1.82) is 0 Å². The SMILES string of the molecule is CCCCNC(=O)C(C)N(Cc1ccccc1Cl)C(=O)CN(c1ccccc1OC)S(=O)(=O)c1ccccc1. The predicted octanol–water partition coefficient (Wildman–Crippen LogP) is 4.88. The predicted molar refractivity (Wildman–Crippen MR) is 153 cm³/mol. The maximum Gasteiger partial charge on any atom is 0.264 e. The zero-order valence-electron chi connectivity index (χ0n) is 22.3. The van der Waals surface area contributed by atoms with Crippen LogP contribution < -0.4 is 14.4 Å². The molecule has 0 spiro atoms. The van der Waals surface area contributed by atoms with E-state index in [1.54, 1.807) is 73.7 Å². The number of hydrogen-bond donors (Lipinski definition) is 1. The molecule has 1 unspecified atom stereocenters. The summed E-state index contributed by atoms with van der Waals surface area (Å²) < 4.78 is 34.2. The van der Waals surface area contributed by atoms with Gasteiger partial charge >= 0.3 is 0 Å². The van der Waals surface area contributed by atoms with Gasteiger partial charge in [0.1, 0.15) is 18.3 Å². The van der Waals surface area contributed by atoms with Gasteiger partial charge in [-0.15, -0.1) is 0 Å². The molecule has 39 heavy (non-hydrogen) atoms. The summed E-state index contributed by atoms with van der Waals surface area (Å²) in [5.41, 5.74) is 0.838. The van der Waals surface area contributed by atoms with Gasteiger partial charge in [0, 0.05) is 18.1 Å². The van der Waals surface area contributed by atoms with Gasteiger partial charge in [0.05, 0.1) is 17.7 Å². The van der Waals surface area contributed by atoms with Gasteiger partial charge in [-0.2, -0.15) is 0 Å². The summed E-state index contributed by atoms with van der Waals surface area (Å²) >= 11 is 6.39. The number of nitrogens with zero attached hydrogens (tertiary/aromatic N) is 2. The lowest BCUT2D eigenvalue weighted by atomic mass is 10.1. The van der Waals surface area contributed by atoms with Crippen LogP contribution in [0.5, 0.6) is 5.75 Å². The number of benzene rings is 3. The highest BCUT2D eigenvalue weighted by Crippen LogP contribution is 2.32. The number of nitrogens with one attached hydrogen (secondary N) is 1. The molecule has 208 valence electrons. The summed E-state index contributed by atoms with van der Waals surface area (Å²) in [6, 6.07) is 20.6. The smallest absolute Gasteiger partial charge is 0.264 e. The number of unbranched alkanes of at least 4 members (excludes halogenated alkanes) is 1. The maximum atomic E-state index is 14.0. The van der Waals surface area contributed by atoms with E-state index in [1.165, 1.54) is 24.1 Å². The van der Waals surface area contributed by atoms with Crippen LogP contribution in [0.25, 0.3) is 0 Å². The second-order valence-corrected chi connectivity index (χ2v) is 11.2. The zero-order chi connectivity index (χ0) is 28.4. The summed E-state index contributed by atoms with van der Waals surface area (Å²) in [6.07, 6.45) is 1.70. The van der Waals surface area contributed by atoms with Gasteiger partial charge < -0.3 is 15.0 Å². The monoisotopic (exact) mass is 571 g/mol. The summed E-state index contributed by atoms with van der Waals surface area (Å²) in [4.78, 5) is 28.3. The number of halogens is 1. The fourth-order valence-electron chi connectivity index (χ4n) is 4.00. The number of methoxy groups -OCH3 is 1. The highest BCUT2D eigenvalue weighted by Gasteiger charge is 2.33. The van der Waals surface area contributed by atoms with E-state index in [0.717, 1.165) is 17.1 Å². The number of para-hydroxylation sites is 2. The Hall–Kier alpha value is -3.56. The van der Waals surface area contributed by atoms with E-state index in [0.29, 0.717) is 17.1 Å². The van der Waals surface area contributed by atoms with Crippen LogP contribution in [0.4, 0.5) is 5.69 Å². The minimum atomic E-state index is -4.18. The largest absolute Gasteiger partial charge is 0.495 e. The molecule has 1 atom stereocenters. The van der Waals surface area contributed by atoms with Crippen LogP contribution in [0.3, 0.4) is 0 Å². The third kappa shape index (κ3) is 7.52. The Kier molecular flexibility index (Phi) is 10.8. The first-order chi connectivity index (χ1) is 18.7. The summed E-state index contributed by atoms with van der Waals surface area (Å²) in [5, 5.41) is 3.30. The van der Waals surface area contributed by atoms with Crippen molar-refractivity contribution in [2.75, 3.05) is 24.5 Å². The van der Waals surface area contributed by atoms with Gasteiger partial charge in [0.15, 0.2) is 0 Å². The summed E-state index contributed by atoms with van der Waals surface area (Å²) in [6.45, 7) is 3.57. The minimum Gasteiger partial charge on any atom is -0.495 e. The number of carbonyl (C=O) groups is 2. The van der Waals surface area contributed by atoms with E-state index >= 15 is 0 Å². The van der Waals surface area contributed by atoms with E-state index < -0.39 is 28.5 Å². The molecule has 8 nitrogen and oxygen atoms in total. The third-order valence-corrected chi connectivity index (χ3v) is 8.40. The first-order valence-electron chi connectivity index (χ1n) is 12.7. The molecule has 3 rings (SSSR count). The molecule has 2 amide bonds. The number of anilines is 1. The van der Waals surface area contributed by atoms with Crippen LogP contribution in [-0.4, -0.2) is 51.4 Å². The fourth-order valence-corrected chi connectivity index (χ4v) is 5.64. The molecule has 0 aliphatic rings. The first-order valence-corrected chi connectivity index (χ1v) is 14.5. The molecule has 0 aliphatic carbocycles. The van der Waals surface area contributed by atoms with Crippen molar-refractivity contribution >= 4 is 39.1 Å². The van der Waals surface area contributed by atoms with Crippen LogP contribution in [0.1, 0.15) is 32.3 Å². The molecule has 3 aromatic rings. The molecule has 0 heterocycles. The number of sulfonamides is 1. The molecule has 0 bridgehead atoms. The van der Waals surface area contributed by atoms with Crippen LogP contribution in [0.15, 0.2) is 83.8 Å². The average molecular weight is 572 g/mol. The van der Waals surface area contributed by atoms with Crippen molar-refractivity contribution in [2.45, 2.75) is 44.2 Å². The summed E-state index contributed by atoms with van der Waals surface area (Å²) in [7, 11) is -2.75. The third-order valence-electron chi connectivity index (χ3n) is 6.26. The first kappa shape index (κ1) is 30.0. The molecule has 1 N–H and O–H groups in total. The second kappa shape index (κ2) is 14.0. The Balaban J connectivity index is 2.03. The zero-order valence-corrected chi connectivity index (χ0v) is 23.9. The van der Waals surface area contributed by atoms with E-state index in [9.17, 15) is 18.0 Å². The lowest BCUT2D eigenvalue weighted by Gasteiger charge is -2.32. The number of rotatable bonds is 13. The van der Waals surface area contributed by atoms with Crippen molar-refractivity contribution in [3.63, 3.8) is 0 Å². The molecular weight excluding hydrogens is 538 g/mol. The summed E-state index contributed by atoms with van der Waals surface area (Å²) in [5.74, 6) is -0.620. The Morgan fingerprint density at radius 3 is 2.28 bits per heavy atom. The van der Waals surface area contributed by atoms with Crippen molar-refractivity contribution in [2.24, 2.45) is 0 Å². The Morgan fingerprint density at radius 1 is 0.974 bits per heavy atom. The van der Waals surface area contributed by atoms with Gasteiger partial charge in [-0.05, 0) is 49.2 Å². The molecule has 0 aliphatic heterocycles. The molecule has 10 heteroatoms. The van der Waals surface area contributed by atoms with Crippen molar-refractivity contribution in [3.05, 3.63) is 89.4 Å². The molecule has 0 radical (unpaired) electrons. The number of carbonyl (C=O) groups excluding carboxylic acids is 2. The lowest BCUT2D eigenvalue weighted by molar-refractivity contribution is -0.139. The molecule has 0 aromatic heterocycles. The van der Waals surface area contributed by atoms with Crippen LogP contribution in [-0.2, 0) is 26.2 Å². The van der Waals surface area contributed by atoms with Crippen LogP contribution >= 0.6 is 11.6 Å². The average Bonchev–Trinajstić information content (AvgIpc) is 2.95.